The third-order valence-corrected chi connectivity index (χ3v) is 7.54. The Kier molecular flexibility index (Phi) is 18.4. The fourth-order valence-corrected chi connectivity index (χ4v) is 5.11. The second-order valence-corrected chi connectivity index (χ2v) is 11.6. The zero-order valence-electron chi connectivity index (χ0n) is 25.1. The van der Waals surface area contributed by atoms with E-state index in [4.69, 9.17) is 0 Å². The molecule has 0 N–H and O–H groups in total. The van der Waals surface area contributed by atoms with Gasteiger partial charge in [-0.15, -0.1) is 0 Å². The van der Waals surface area contributed by atoms with Crippen molar-refractivity contribution < 1.29 is 30.3 Å². The molecule has 4 nitrogen and oxygen atoms in total. The van der Waals surface area contributed by atoms with E-state index in [-0.39, 0.29) is 18.7 Å². The summed E-state index contributed by atoms with van der Waals surface area (Å²) in [6.45, 7) is 4.49. The number of aryl methyl sites for hydroxylation is 2. The average molecular weight is 637 g/mol. The molecule has 1 aliphatic heterocycles. The van der Waals surface area contributed by atoms with Gasteiger partial charge in [0.25, 0.3) is 0 Å². The summed E-state index contributed by atoms with van der Waals surface area (Å²) >= 11 is 0.0444. The van der Waals surface area contributed by atoms with Gasteiger partial charge in [-0.25, -0.2) is 4.70 Å². The molecule has 0 spiro atoms. The predicted molar refractivity (Wildman–Crippen MR) is 165 cm³/mol. The normalized spacial score (nSPS) is 12.9. The molecule has 0 atom stereocenters. The molecule has 0 aromatic heterocycles. The molecule has 2 aromatic carbocycles. The summed E-state index contributed by atoms with van der Waals surface area (Å²) < 4.78 is 10.4. The van der Waals surface area contributed by atoms with Crippen molar-refractivity contribution in [3.05, 3.63) is 101 Å². The standard InChI is InChI=1S/C33H44N2.2CH3O.Pd/c1-3-5-7-8-9-10-11-12-13-14-15-21-29-22-16-17-24-31(29)33-26-25-32(35(33)34)30-23-18-20-28(27-30)19-6-4-2;2*1-2;/h13-14,16-18,20,22-27H,3-12,15,19,21H2,1-2H3;2*1H3;/q;2*-1;+2. The summed E-state index contributed by atoms with van der Waals surface area (Å²) in [5.74, 6) is 0. The average Bonchev–Trinajstić information content (AvgIpc) is 3.36. The van der Waals surface area contributed by atoms with Crippen molar-refractivity contribution in [1.82, 2.24) is 0 Å². The Morgan fingerprint density at radius 2 is 1.40 bits per heavy atom. The van der Waals surface area contributed by atoms with E-state index in [0.717, 1.165) is 41.8 Å². The maximum absolute atomic E-state index is 11.1. The Bertz CT molecular complexity index is 1090. The first-order chi connectivity index (χ1) is 19.7. The topological polar surface area (TPSA) is 43.8 Å². The van der Waals surface area contributed by atoms with E-state index in [0.29, 0.717) is 0 Å². The van der Waals surface area contributed by atoms with E-state index < -0.39 is 0 Å². The summed E-state index contributed by atoms with van der Waals surface area (Å²) in [7, 11) is 3.22. The molecular formula is C35H50N2O2Pd. The van der Waals surface area contributed by atoms with Crippen molar-refractivity contribution >= 4 is 11.4 Å². The van der Waals surface area contributed by atoms with Crippen LogP contribution in [0, 0.1) is 0 Å². The van der Waals surface area contributed by atoms with Crippen LogP contribution in [0.25, 0.3) is 16.9 Å². The maximum atomic E-state index is 11.1. The first kappa shape index (κ1) is 34.0. The Labute approximate surface area is 253 Å². The summed E-state index contributed by atoms with van der Waals surface area (Å²) in [5.41, 5.74) is 17.6. The van der Waals surface area contributed by atoms with Crippen LogP contribution in [0.15, 0.2) is 72.8 Å². The van der Waals surface area contributed by atoms with Crippen molar-refractivity contribution in [2.24, 2.45) is 0 Å². The van der Waals surface area contributed by atoms with Crippen molar-refractivity contribution in [3.8, 4) is 0 Å². The Balaban J connectivity index is 0.00000103. The molecule has 0 fully saturated rings. The number of benzene rings is 2. The number of allylic oxidation sites excluding steroid dienone is 4. The molecule has 1 heterocycles. The number of nitrogens with zero attached hydrogens (tertiary/aromatic N) is 2. The zero-order valence-corrected chi connectivity index (χ0v) is 26.7. The first-order valence-corrected chi connectivity index (χ1v) is 16.3. The van der Waals surface area contributed by atoms with E-state index in [2.05, 4.69) is 81.5 Å². The Morgan fingerprint density at radius 1 is 0.725 bits per heavy atom. The van der Waals surface area contributed by atoms with Gasteiger partial charge in [-0.1, -0.05) is 101 Å². The van der Waals surface area contributed by atoms with E-state index in [9.17, 15) is 5.53 Å². The molecule has 3 rings (SSSR count). The van der Waals surface area contributed by atoms with Gasteiger partial charge in [0.05, 0.1) is 0 Å². The van der Waals surface area contributed by atoms with Crippen molar-refractivity contribution in [2.45, 2.75) is 97.3 Å². The number of hydrogen-bond donors (Lipinski definition) is 0. The molecule has 0 unspecified atom stereocenters. The minimum absolute atomic E-state index is 0.0444. The fraction of sp³-hybridized carbons (Fsp3) is 0.486. The van der Waals surface area contributed by atoms with E-state index in [1.807, 2.05) is 12.2 Å². The molecule has 5 heteroatoms. The summed E-state index contributed by atoms with van der Waals surface area (Å²) in [5, 5.41) is 0. The molecular weight excluding hydrogens is 587 g/mol. The van der Waals surface area contributed by atoms with Gasteiger partial charge in [-0.05, 0) is 67.9 Å². The van der Waals surface area contributed by atoms with Gasteiger partial charge in [0.1, 0.15) is 0 Å². The van der Waals surface area contributed by atoms with Crippen LogP contribution in [0.5, 0.6) is 0 Å². The van der Waals surface area contributed by atoms with E-state index >= 15 is 0 Å². The third-order valence-electron chi connectivity index (χ3n) is 7.02. The molecule has 40 heavy (non-hydrogen) atoms. The third kappa shape index (κ3) is 12.6. The summed E-state index contributed by atoms with van der Waals surface area (Å²) in [6, 6.07) is 17.1. The fourth-order valence-electron chi connectivity index (χ4n) is 4.85. The minimum atomic E-state index is 0.0444. The quantitative estimate of drug-likeness (QED) is 0.0707. The second kappa shape index (κ2) is 21.6. The van der Waals surface area contributed by atoms with Crippen LogP contribution >= 0.6 is 0 Å². The van der Waals surface area contributed by atoms with Crippen LogP contribution in [0.4, 0.5) is 0 Å². The zero-order chi connectivity index (χ0) is 28.8. The molecule has 222 valence electrons. The summed E-state index contributed by atoms with van der Waals surface area (Å²) in [4.78, 5) is 0. The van der Waals surface area contributed by atoms with E-state index in [1.54, 1.807) is 14.2 Å². The monoisotopic (exact) mass is 636 g/mol. The van der Waals surface area contributed by atoms with Gasteiger partial charge < -0.3 is 5.53 Å². The van der Waals surface area contributed by atoms with Crippen LogP contribution in [-0.2, 0) is 38.5 Å². The molecule has 0 saturated carbocycles. The van der Waals surface area contributed by atoms with Gasteiger partial charge in [0, 0.05) is 23.3 Å². The van der Waals surface area contributed by atoms with Gasteiger partial charge >= 0.3 is 39.9 Å². The number of unbranched alkanes of at least 4 members (excludes halogenated alkanes) is 8. The molecule has 0 bridgehead atoms. The number of rotatable bonds is 18. The summed E-state index contributed by atoms with van der Waals surface area (Å²) in [6.07, 6.45) is 25.0. The Morgan fingerprint density at radius 3 is 2.12 bits per heavy atom. The molecule has 0 radical (unpaired) electrons. The van der Waals surface area contributed by atoms with Gasteiger partial charge in [0.15, 0.2) is 0 Å². The molecule has 0 amide bonds. The predicted octanol–water partition coefficient (Wildman–Crippen LogP) is 10.3. The van der Waals surface area contributed by atoms with Crippen molar-refractivity contribution in [1.29, 1.82) is 0 Å². The van der Waals surface area contributed by atoms with Crippen LogP contribution < -0.4 is 0 Å². The second-order valence-electron chi connectivity index (χ2n) is 10.1. The van der Waals surface area contributed by atoms with Crippen molar-refractivity contribution in [3.63, 3.8) is 0 Å². The van der Waals surface area contributed by atoms with Gasteiger partial charge in [-0.2, -0.15) is 0 Å². The molecule has 1 aliphatic rings. The van der Waals surface area contributed by atoms with Crippen LogP contribution in [0.2, 0.25) is 0 Å². The molecule has 0 saturated heterocycles. The SMILES string of the molecule is CCCCCCCCCC=CCCc1ccccc1C1=CC=C(c2cccc(CCCC)c2)[N+]1=[N-].C[O][Pd][O]C. The van der Waals surface area contributed by atoms with Crippen molar-refractivity contribution in [2.75, 3.05) is 14.2 Å². The molecule has 0 aliphatic carbocycles. The van der Waals surface area contributed by atoms with Crippen LogP contribution in [-0.4, -0.2) is 18.9 Å². The van der Waals surface area contributed by atoms with Gasteiger partial charge in [-0.3, -0.25) is 0 Å². The first-order valence-electron chi connectivity index (χ1n) is 15.1. The van der Waals surface area contributed by atoms with Crippen LogP contribution in [0.3, 0.4) is 0 Å². The Hall–Kier alpha value is -2.16. The number of hydrogen-bond acceptors (Lipinski definition) is 2. The molecule has 2 aromatic rings. The van der Waals surface area contributed by atoms with E-state index in [1.165, 1.54) is 80.0 Å². The van der Waals surface area contributed by atoms with Crippen LogP contribution in [0.1, 0.15) is 107 Å². The van der Waals surface area contributed by atoms with Gasteiger partial charge in [0.2, 0.25) is 11.4 Å².